The van der Waals surface area contributed by atoms with Gasteiger partial charge in [0.05, 0.1) is 6.04 Å². The summed E-state index contributed by atoms with van der Waals surface area (Å²) in [6.45, 7) is 2.66. The quantitative estimate of drug-likeness (QED) is 0.897. The van der Waals surface area contributed by atoms with Gasteiger partial charge in [-0.3, -0.25) is 0 Å². The molecule has 1 aliphatic rings. The average Bonchev–Trinajstić information content (AvgIpc) is 3.09. The van der Waals surface area contributed by atoms with Gasteiger partial charge in [-0.05, 0) is 37.4 Å². The molecule has 0 radical (unpaired) electrons. The molecule has 1 atom stereocenters. The van der Waals surface area contributed by atoms with Crippen LogP contribution < -0.4 is 5.32 Å². The zero-order valence-electron chi connectivity index (χ0n) is 11.5. The summed E-state index contributed by atoms with van der Waals surface area (Å²) in [6.07, 6.45) is 0.352. The fourth-order valence-corrected chi connectivity index (χ4v) is 4.90. The summed E-state index contributed by atoms with van der Waals surface area (Å²) in [5, 5.41) is 2.51. The Hall–Kier alpha value is -0.920. The molecule has 1 unspecified atom stereocenters. The first kappa shape index (κ1) is 15.0. The molecule has 0 fully saturated rings. The lowest BCUT2D eigenvalue weighted by Crippen LogP contribution is -2.20. The number of alkyl halides is 3. The van der Waals surface area contributed by atoms with Crippen LogP contribution in [0.3, 0.4) is 0 Å². The molecule has 2 heterocycles. The predicted octanol–water partition coefficient (Wildman–Crippen LogP) is 4.41. The van der Waals surface area contributed by atoms with Gasteiger partial charge in [-0.1, -0.05) is 6.92 Å². The molecule has 1 aliphatic carbocycles. The molecular formula is C14H15F3N2S2. The van der Waals surface area contributed by atoms with E-state index in [1.807, 2.05) is 6.92 Å². The Morgan fingerprint density at radius 3 is 2.71 bits per heavy atom. The number of hydrogen-bond acceptors (Lipinski definition) is 4. The molecule has 0 amide bonds. The van der Waals surface area contributed by atoms with E-state index >= 15 is 0 Å². The lowest BCUT2D eigenvalue weighted by molar-refractivity contribution is -0.137. The van der Waals surface area contributed by atoms with Crippen LogP contribution in [0.1, 0.15) is 44.6 Å². The number of fused-ring (bicyclic) bond motifs is 1. The standard InChI is InChI=1S/C14H15F3N2S2/c1-2-18-12(10-6-8-4-3-5-9(8)20-10)11-7-19-13(21-11)14(15,16)17/h6-7,12,18H,2-5H2,1H3. The number of thiophene rings is 1. The van der Waals surface area contributed by atoms with Crippen LogP contribution >= 0.6 is 22.7 Å². The minimum absolute atomic E-state index is 0.181. The Morgan fingerprint density at radius 1 is 1.29 bits per heavy atom. The number of hydrogen-bond donors (Lipinski definition) is 1. The van der Waals surface area contributed by atoms with E-state index < -0.39 is 11.2 Å². The van der Waals surface area contributed by atoms with Gasteiger partial charge in [0.25, 0.3) is 0 Å². The highest BCUT2D eigenvalue weighted by molar-refractivity contribution is 7.13. The minimum Gasteiger partial charge on any atom is -0.305 e. The topological polar surface area (TPSA) is 24.9 Å². The van der Waals surface area contributed by atoms with Gasteiger partial charge < -0.3 is 5.32 Å². The first-order valence-electron chi connectivity index (χ1n) is 6.87. The van der Waals surface area contributed by atoms with Gasteiger partial charge in [0.1, 0.15) is 0 Å². The van der Waals surface area contributed by atoms with Crippen molar-refractivity contribution in [3.8, 4) is 0 Å². The molecule has 7 heteroatoms. The SMILES string of the molecule is CCNC(c1cnc(C(F)(F)F)s1)c1cc2c(s1)CCC2. The number of thiazole rings is 1. The maximum absolute atomic E-state index is 12.7. The molecule has 0 saturated carbocycles. The van der Waals surface area contributed by atoms with Gasteiger partial charge in [-0.25, -0.2) is 4.98 Å². The molecule has 0 bridgehead atoms. The fourth-order valence-electron chi connectivity index (χ4n) is 2.59. The van der Waals surface area contributed by atoms with Crippen molar-refractivity contribution < 1.29 is 13.2 Å². The Balaban J connectivity index is 1.92. The van der Waals surface area contributed by atoms with Crippen molar-refractivity contribution in [2.24, 2.45) is 0 Å². The van der Waals surface area contributed by atoms with Crippen LogP contribution in [0.25, 0.3) is 0 Å². The smallest absolute Gasteiger partial charge is 0.305 e. The Bertz CT molecular complexity index is 609. The molecule has 2 aromatic rings. The first-order valence-corrected chi connectivity index (χ1v) is 8.50. The Morgan fingerprint density at radius 2 is 2.10 bits per heavy atom. The highest BCUT2D eigenvalue weighted by Gasteiger charge is 2.35. The summed E-state index contributed by atoms with van der Waals surface area (Å²) in [5.41, 5.74) is 1.36. The van der Waals surface area contributed by atoms with Crippen LogP contribution in [0, 0.1) is 0 Å². The largest absolute Gasteiger partial charge is 0.443 e. The van der Waals surface area contributed by atoms with Crippen LogP contribution in [0.4, 0.5) is 13.2 Å². The second kappa shape index (κ2) is 5.70. The van der Waals surface area contributed by atoms with Gasteiger partial charge in [-0.15, -0.1) is 22.7 Å². The third kappa shape index (κ3) is 3.00. The Kier molecular flexibility index (Phi) is 4.07. The van der Waals surface area contributed by atoms with Crippen molar-refractivity contribution in [3.05, 3.63) is 37.5 Å². The predicted molar refractivity (Wildman–Crippen MR) is 79.0 cm³/mol. The molecule has 3 rings (SSSR count). The third-order valence-electron chi connectivity index (χ3n) is 3.51. The second-order valence-corrected chi connectivity index (χ2v) is 7.24. The molecular weight excluding hydrogens is 317 g/mol. The zero-order valence-corrected chi connectivity index (χ0v) is 13.1. The van der Waals surface area contributed by atoms with Gasteiger partial charge in [0.2, 0.25) is 0 Å². The molecule has 1 N–H and O–H groups in total. The van der Waals surface area contributed by atoms with Crippen molar-refractivity contribution >= 4 is 22.7 Å². The summed E-state index contributed by atoms with van der Waals surface area (Å²) in [5.74, 6) is 0. The summed E-state index contributed by atoms with van der Waals surface area (Å²) in [6, 6.07) is 1.96. The van der Waals surface area contributed by atoms with E-state index in [0.717, 1.165) is 29.1 Å². The van der Waals surface area contributed by atoms with E-state index in [-0.39, 0.29) is 6.04 Å². The number of aromatic nitrogens is 1. The van der Waals surface area contributed by atoms with Crippen molar-refractivity contribution in [2.75, 3.05) is 6.54 Å². The Labute approximate surface area is 129 Å². The van der Waals surface area contributed by atoms with Crippen molar-refractivity contribution in [1.29, 1.82) is 0 Å². The monoisotopic (exact) mass is 332 g/mol. The van der Waals surface area contributed by atoms with Crippen molar-refractivity contribution in [2.45, 2.75) is 38.4 Å². The van der Waals surface area contributed by atoms with Crippen molar-refractivity contribution in [1.82, 2.24) is 10.3 Å². The highest BCUT2D eigenvalue weighted by atomic mass is 32.1. The van der Waals surface area contributed by atoms with E-state index in [9.17, 15) is 13.2 Å². The number of nitrogens with one attached hydrogen (secondary N) is 1. The van der Waals surface area contributed by atoms with Crippen LogP contribution in [-0.4, -0.2) is 11.5 Å². The molecule has 0 spiro atoms. The van der Waals surface area contributed by atoms with Crippen LogP contribution in [0.15, 0.2) is 12.3 Å². The summed E-state index contributed by atoms with van der Waals surface area (Å²) >= 11 is 2.45. The van der Waals surface area contributed by atoms with Crippen LogP contribution in [0.2, 0.25) is 0 Å². The summed E-state index contributed by atoms with van der Waals surface area (Å²) in [7, 11) is 0. The lowest BCUT2D eigenvalue weighted by atomic mass is 10.1. The van der Waals surface area contributed by atoms with E-state index in [2.05, 4.69) is 16.4 Å². The maximum Gasteiger partial charge on any atom is 0.443 e. The lowest BCUT2D eigenvalue weighted by Gasteiger charge is -2.14. The highest BCUT2D eigenvalue weighted by Crippen LogP contribution is 2.40. The third-order valence-corrected chi connectivity index (χ3v) is 5.92. The molecule has 21 heavy (non-hydrogen) atoms. The first-order chi connectivity index (χ1) is 9.99. The van der Waals surface area contributed by atoms with Gasteiger partial charge in [0, 0.05) is 20.8 Å². The fraction of sp³-hybridized carbons (Fsp3) is 0.500. The minimum atomic E-state index is -4.36. The maximum atomic E-state index is 12.7. The average molecular weight is 332 g/mol. The number of rotatable bonds is 4. The normalized spacial score (nSPS) is 16.2. The van der Waals surface area contributed by atoms with Crippen LogP contribution in [-0.2, 0) is 19.0 Å². The molecule has 114 valence electrons. The molecule has 2 aromatic heterocycles. The zero-order chi connectivity index (χ0) is 15.0. The molecule has 0 aromatic carbocycles. The van der Waals surface area contributed by atoms with E-state index in [1.54, 1.807) is 11.3 Å². The van der Waals surface area contributed by atoms with E-state index in [4.69, 9.17) is 0 Å². The summed E-state index contributed by atoms with van der Waals surface area (Å²) in [4.78, 5) is 6.65. The van der Waals surface area contributed by atoms with E-state index in [1.165, 1.54) is 23.1 Å². The van der Waals surface area contributed by atoms with Gasteiger partial charge >= 0.3 is 6.18 Å². The molecule has 0 saturated heterocycles. The second-order valence-electron chi connectivity index (χ2n) is 5.01. The number of halogens is 3. The molecule has 2 nitrogen and oxygen atoms in total. The van der Waals surface area contributed by atoms with Crippen molar-refractivity contribution in [3.63, 3.8) is 0 Å². The van der Waals surface area contributed by atoms with Gasteiger partial charge in [-0.2, -0.15) is 13.2 Å². The molecule has 0 aliphatic heterocycles. The van der Waals surface area contributed by atoms with Gasteiger partial charge in [0.15, 0.2) is 5.01 Å². The van der Waals surface area contributed by atoms with Crippen LogP contribution in [0.5, 0.6) is 0 Å². The number of aryl methyl sites for hydroxylation is 2. The summed E-state index contributed by atoms with van der Waals surface area (Å²) < 4.78 is 38.1. The van der Waals surface area contributed by atoms with E-state index in [0.29, 0.717) is 11.4 Å². The number of nitrogens with zero attached hydrogens (tertiary/aromatic N) is 1.